The summed E-state index contributed by atoms with van der Waals surface area (Å²) < 4.78 is 5.57. The van der Waals surface area contributed by atoms with Crippen molar-refractivity contribution in [2.24, 2.45) is 0 Å². The number of nitrogens with one attached hydrogen (secondary N) is 1. The van der Waals surface area contributed by atoms with Gasteiger partial charge in [-0.15, -0.1) is 0 Å². The van der Waals surface area contributed by atoms with Crippen LogP contribution in [0, 0.1) is 0 Å². The normalized spacial score (nSPS) is 22.3. The Kier molecular flexibility index (Phi) is 4.03. The van der Waals surface area contributed by atoms with Crippen molar-refractivity contribution in [1.29, 1.82) is 0 Å². The molecular formula is C14H24N4O. The van der Waals surface area contributed by atoms with E-state index in [1.165, 1.54) is 25.7 Å². The Morgan fingerprint density at radius 2 is 2.00 bits per heavy atom. The highest BCUT2D eigenvalue weighted by atomic mass is 16.4. The highest BCUT2D eigenvalue weighted by Crippen LogP contribution is 2.25. The molecule has 1 aromatic rings. The summed E-state index contributed by atoms with van der Waals surface area (Å²) in [5.74, 6) is 0. The SMILES string of the molecule is CNCc1coc(N2CCN(C3CCCC3)CC2)n1. The third-order valence-electron chi connectivity index (χ3n) is 4.32. The van der Waals surface area contributed by atoms with Crippen LogP contribution in [0.15, 0.2) is 10.7 Å². The smallest absolute Gasteiger partial charge is 0.297 e. The van der Waals surface area contributed by atoms with E-state index < -0.39 is 0 Å². The van der Waals surface area contributed by atoms with Gasteiger partial charge >= 0.3 is 0 Å². The van der Waals surface area contributed by atoms with Gasteiger partial charge in [0.2, 0.25) is 0 Å². The van der Waals surface area contributed by atoms with Crippen molar-refractivity contribution in [3.05, 3.63) is 12.0 Å². The van der Waals surface area contributed by atoms with Crippen LogP contribution in [0.1, 0.15) is 31.4 Å². The van der Waals surface area contributed by atoms with E-state index in [4.69, 9.17) is 4.42 Å². The molecule has 0 atom stereocenters. The predicted octanol–water partition coefficient (Wildman–Crippen LogP) is 1.46. The monoisotopic (exact) mass is 264 g/mol. The van der Waals surface area contributed by atoms with E-state index in [-0.39, 0.29) is 0 Å². The van der Waals surface area contributed by atoms with E-state index in [2.05, 4.69) is 20.1 Å². The zero-order chi connectivity index (χ0) is 13.1. The van der Waals surface area contributed by atoms with Crippen LogP contribution in [0.25, 0.3) is 0 Å². The van der Waals surface area contributed by atoms with Crippen LogP contribution in [-0.4, -0.2) is 49.2 Å². The van der Waals surface area contributed by atoms with Crippen LogP contribution in [0.5, 0.6) is 0 Å². The fourth-order valence-electron chi connectivity index (χ4n) is 3.25. The number of aromatic nitrogens is 1. The van der Waals surface area contributed by atoms with Crippen LogP contribution in [0.4, 0.5) is 6.01 Å². The molecule has 0 bridgehead atoms. The standard InChI is InChI=1S/C14H24N4O/c1-15-10-12-11-19-14(16-12)18-8-6-17(7-9-18)13-4-2-3-5-13/h11,13,15H,2-10H2,1H3. The third kappa shape index (κ3) is 2.92. The van der Waals surface area contributed by atoms with Crippen molar-refractivity contribution in [2.75, 3.05) is 38.1 Å². The summed E-state index contributed by atoms with van der Waals surface area (Å²) in [6.45, 7) is 5.14. The molecule has 2 fully saturated rings. The van der Waals surface area contributed by atoms with Gasteiger partial charge in [0.15, 0.2) is 0 Å². The molecule has 5 nitrogen and oxygen atoms in total. The largest absolute Gasteiger partial charge is 0.432 e. The van der Waals surface area contributed by atoms with Crippen molar-refractivity contribution in [2.45, 2.75) is 38.3 Å². The fourth-order valence-corrected chi connectivity index (χ4v) is 3.25. The van der Waals surface area contributed by atoms with E-state index in [9.17, 15) is 0 Å². The summed E-state index contributed by atoms with van der Waals surface area (Å²) in [5, 5.41) is 3.10. The minimum atomic E-state index is 0.769. The Balaban J connectivity index is 1.53. The Hall–Kier alpha value is -1.07. The first-order valence-electron chi connectivity index (χ1n) is 7.45. The molecule has 0 radical (unpaired) electrons. The van der Waals surface area contributed by atoms with Gasteiger partial charge in [0.1, 0.15) is 6.26 Å². The highest BCUT2D eigenvalue weighted by Gasteiger charge is 2.27. The molecule has 3 rings (SSSR count). The van der Waals surface area contributed by atoms with Crippen LogP contribution in [0.2, 0.25) is 0 Å². The van der Waals surface area contributed by atoms with Crippen LogP contribution in [0.3, 0.4) is 0 Å². The molecule has 1 aromatic heterocycles. The van der Waals surface area contributed by atoms with Gasteiger partial charge in [-0.1, -0.05) is 12.8 Å². The van der Waals surface area contributed by atoms with E-state index in [1.54, 1.807) is 6.26 Å². The van der Waals surface area contributed by atoms with Gasteiger partial charge in [-0.05, 0) is 19.9 Å². The molecule has 1 N–H and O–H groups in total. The lowest BCUT2D eigenvalue weighted by atomic mass is 10.2. The average molecular weight is 264 g/mol. The minimum absolute atomic E-state index is 0.769. The topological polar surface area (TPSA) is 44.5 Å². The molecular weight excluding hydrogens is 240 g/mol. The second kappa shape index (κ2) is 5.92. The van der Waals surface area contributed by atoms with Crippen molar-refractivity contribution >= 4 is 6.01 Å². The molecule has 1 saturated carbocycles. The first kappa shape index (κ1) is 12.9. The second-order valence-electron chi connectivity index (χ2n) is 5.61. The van der Waals surface area contributed by atoms with Crippen LogP contribution < -0.4 is 10.2 Å². The lowest BCUT2D eigenvalue weighted by Gasteiger charge is -2.37. The summed E-state index contributed by atoms with van der Waals surface area (Å²) in [5.41, 5.74) is 0.982. The molecule has 1 aliphatic carbocycles. The van der Waals surface area contributed by atoms with Crippen molar-refractivity contribution in [3.63, 3.8) is 0 Å². The average Bonchev–Trinajstić information content (AvgIpc) is 3.10. The van der Waals surface area contributed by atoms with Gasteiger partial charge in [0.05, 0.1) is 5.69 Å². The van der Waals surface area contributed by atoms with Gasteiger partial charge in [-0.3, -0.25) is 4.90 Å². The summed E-state index contributed by atoms with van der Waals surface area (Å²) >= 11 is 0. The molecule has 2 aliphatic rings. The van der Waals surface area contributed by atoms with Gasteiger partial charge in [-0.2, -0.15) is 4.98 Å². The quantitative estimate of drug-likeness (QED) is 0.892. The molecule has 1 aliphatic heterocycles. The van der Waals surface area contributed by atoms with Gasteiger partial charge in [0, 0.05) is 38.8 Å². The molecule has 106 valence electrons. The Morgan fingerprint density at radius 3 is 2.68 bits per heavy atom. The maximum absolute atomic E-state index is 5.57. The number of piperazine rings is 1. The number of hydrogen-bond donors (Lipinski definition) is 1. The summed E-state index contributed by atoms with van der Waals surface area (Å²) in [4.78, 5) is 9.45. The number of nitrogens with zero attached hydrogens (tertiary/aromatic N) is 3. The molecule has 1 saturated heterocycles. The summed E-state index contributed by atoms with van der Waals surface area (Å²) in [7, 11) is 1.93. The van der Waals surface area contributed by atoms with Gasteiger partial charge < -0.3 is 14.6 Å². The van der Waals surface area contributed by atoms with E-state index in [0.717, 1.165) is 50.5 Å². The zero-order valence-corrected chi connectivity index (χ0v) is 11.8. The van der Waals surface area contributed by atoms with Crippen LogP contribution >= 0.6 is 0 Å². The maximum atomic E-state index is 5.57. The first-order valence-corrected chi connectivity index (χ1v) is 7.45. The molecule has 2 heterocycles. The van der Waals surface area contributed by atoms with Crippen molar-refractivity contribution in [3.8, 4) is 0 Å². The molecule has 0 unspecified atom stereocenters. The maximum Gasteiger partial charge on any atom is 0.297 e. The summed E-state index contributed by atoms with van der Waals surface area (Å²) in [6.07, 6.45) is 7.38. The molecule has 5 heteroatoms. The number of hydrogen-bond acceptors (Lipinski definition) is 5. The first-order chi connectivity index (χ1) is 9.36. The molecule has 0 amide bonds. The van der Waals surface area contributed by atoms with Crippen molar-refractivity contribution in [1.82, 2.24) is 15.2 Å². The highest BCUT2D eigenvalue weighted by molar-refractivity contribution is 5.28. The van der Waals surface area contributed by atoms with Gasteiger partial charge in [-0.25, -0.2) is 0 Å². The zero-order valence-electron chi connectivity index (χ0n) is 11.8. The van der Waals surface area contributed by atoms with E-state index >= 15 is 0 Å². The lowest BCUT2D eigenvalue weighted by Crippen LogP contribution is -2.49. The minimum Gasteiger partial charge on any atom is -0.432 e. The number of rotatable bonds is 4. The second-order valence-corrected chi connectivity index (χ2v) is 5.61. The Morgan fingerprint density at radius 1 is 1.26 bits per heavy atom. The van der Waals surface area contributed by atoms with Gasteiger partial charge in [0.25, 0.3) is 6.01 Å². The predicted molar refractivity (Wildman–Crippen MR) is 75.3 cm³/mol. The Bertz CT molecular complexity index is 392. The molecule has 0 spiro atoms. The lowest BCUT2D eigenvalue weighted by molar-refractivity contribution is 0.185. The molecule has 0 aromatic carbocycles. The third-order valence-corrected chi connectivity index (χ3v) is 4.32. The van der Waals surface area contributed by atoms with E-state index in [0.29, 0.717) is 0 Å². The van der Waals surface area contributed by atoms with E-state index in [1.807, 2.05) is 7.05 Å². The van der Waals surface area contributed by atoms with Crippen molar-refractivity contribution < 1.29 is 4.42 Å². The Labute approximate surface area is 115 Å². The van der Waals surface area contributed by atoms with Crippen LogP contribution in [-0.2, 0) is 6.54 Å². The molecule has 19 heavy (non-hydrogen) atoms. The summed E-state index contributed by atoms with van der Waals surface area (Å²) in [6, 6.07) is 1.63. The number of oxazole rings is 1. The fraction of sp³-hybridized carbons (Fsp3) is 0.786. The number of anilines is 1.